The van der Waals surface area contributed by atoms with Gasteiger partial charge in [-0.25, -0.2) is 0 Å². The van der Waals surface area contributed by atoms with Gasteiger partial charge in [-0.15, -0.1) is 0 Å². The first-order valence-corrected chi connectivity index (χ1v) is 9.43. The Morgan fingerprint density at radius 2 is 1.67 bits per heavy atom. The first kappa shape index (κ1) is 15.2. The number of hydrogen-bond acceptors (Lipinski definition) is 3. The normalized spacial score (nSPS) is 35.5. The number of fused-ring (bicyclic) bond motifs is 1. The molecular weight excluding hydrogens is 292 g/mol. The fraction of sp³-hybridized carbons (Fsp3) is 0.929. The van der Waals surface area contributed by atoms with Crippen LogP contribution in [0.3, 0.4) is 0 Å². The lowest BCUT2D eigenvalue weighted by atomic mass is 9.85. The summed E-state index contributed by atoms with van der Waals surface area (Å²) in [5, 5.41) is 9.47. The summed E-state index contributed by atoms with van der Waals surface area (Å²) < 4.78 is 28.7. The van der Waals surface area contributed by atoms with Crippen LogP contribution < -0.4 is 0 Å². The molecule has 0 bridgehead atoms. The molecule has 0 amide bonds. The molecular formula is C14H24N2O4S. The predicted molar refractivity (Wildman–Crippen MR) is 78.0 cm³/mol. The molecule has 0 aromatic heterocycles. The quantitative estimate of drug-likeness (QED) is 0.854. The van der Waals surface area contributed by atoms with Gasteiger partial charge in [0, 0.05) is 19.1 Å². The molecule has 3 aliphatic rings. The van der Waals surface area contributed by atoms with Crippen molar-refractivity contribution in [3.05, 3.63) is 0 Å². The van der Waals surface area contributed by atoms with Gasteiger partial charge in [-0.2, -0.15) is 17.0 Å². The number of carboxylic acid groups (broad SMARTS) is 1. The highest BCUT2D eigenvalue weighted by molar-refractivity contribution is 7.86. The van der Waals surface area contributed by atoms with Crippen LogP contribution in [0.15, 0.2) is 0 Å². The van der Waals surface area contributed by atoms with E-state index in [1.54, 1.807) is 0 Å². The van der Waals surface area contributed by atoms with Crippen LogP contribution in [0.5, 0.6) is 0 Å². The number of hydrogen-bond donors (Lipinski definition) is 1. The summed E-state index contributed by atoms with van der Waals surface area (Å²) >= 11 is 0. The average molecular weight is 316 g/mol. The number of aliphatic carboxylic acids is 1. The van der Waals surface area contributed by atoms with Crippen molar-refractivity contribution in [2.75, 3.05) is 13.1 Å². The molecule has 2 saturated heterocycles. The van der Waals surface area contributed by atoms with Crippen LogP contribution >= 0.6 is 0 Å². The molecule has 3 fully saturated rings. The monoisotopic (exact) mass is 316 g/mol. The SMILES string of the molecule is O=C(O)C1CC2CCCCC2N1S(=O)(=O)N1CCCCC1. The molecule has 2 aliphatic heterocycles. The molecule has 0 radical (unpaired) electrons. The van der Waals surface area contributed by atoms with E-state index in [4.69, 9.17) is 0 Å². The van der Waals surface area contributed by atoms with E-state index in [-0.39, 0.29) is 12.0 Å². The Morgan fingerprint density at radius 1 is 1.00 bits per heavy atom. The van der Waals surface area contributed by atoms with Crippen molar-refractivity contribution in [3.8, 4) is 0 Å². The van der Waals surface area contributed by atoms with E-state index in [1.807, 2.05) is 0 Å². The van der Waals surface area contributed by atoms with Crippen LogP contribution in [0.4, 0.5) is 0 Å². The Morgan fingerprint density at radius 3 is 2.33 bits per heavy atom. The summed E-state index contributed by atoms with van der Waals surface area (Å²) in [6.07, 6.45) is 7.14. The number of rotatable bonds is 3. The predicted octanol–water partition coefficient (Wildman–Crippen LogP) is 1.43. The van der Waals surface area contributed by atoms with Crippen LogP contribution in [0.2, 0.25) is 0 Å². The lowest BCUT2D eigenvalue weighted by Gasteiger charge is -2.36. The molecule has 1 N–H and O–H groups in total. The summed E-state index contributed by atoms with van der Waals surface area (Å²) in [5.74, 6) is -0.774. The van der Waals surface area contributed by atoms with E-state index < -0.39 is 22.2 Å². The summed E-state index contributed by atoms with van der Waals surface area (Å²) in [7, 11) is -3.64. The average Bonchev–Trinajstić information content (AvgIpc) is 2.88. The molecule has 7 heteroatoms. The van der Waals surface area contributed by atoms with Gasteiger partial charge in [0.2, 0.25) is 0 Å². The molecule has 3 rings (SSSR count). The lowest BCUT2D eigenvalue weighted by Crippen LogP contribution is -2.53. The molecule has 3 atom stereocenters. The van der Waals surface area contributed by atoms with Crippen molar-refractivity contribution < 1.29 is 18.3 Å². The van der Waals surface area contributed by atoms with Crippen molar-refractivity contribution in [2.45, 2.75) is 63.5 Å². The molecule has 3 unspecified atom stereocenters. The van der Waals surface area contributed by atoms with Crippen molar-refractivity contribution in [1.29, 1.82) is 0 Å². The number of carbonyl (C=O) groups is 1. The van der Waals surface area contributed by atoms with Gasteiger partial charge in [-0.05, 0) is 38.0 Å². The first-order chi connectivity index (χ1) is 10.0. The zero-order valence-electron chi connectivity index (χ0n) is 12.3. The Hall–Kier alpha value is -0.660. The smallest absolute Gasteiger partial charge is 0.322 e. The Kier molecular flexibility index (Phi) is 4.25. The number of piperidine rings is 1. The molecule has 0 aromatic carbocycles. The topological polar surface area (TPSA) is 77.9 Å². The minimum Gasteiger partial charge on any atom is -0.480 e. The Bertz CT molecular complexity index is 501. The molecule has 0 aromatic rings. The fourth-order valence-corrected chi connectivity index (χ4v) is 6.29. The van der Waals surface area contributed by atoms with E-state index in [0.717, 1.165) is 44.9 Å². The van der Waals surface area contributed by atoms with Gasteiger partial charge in [-0.3, -0.25) is 4.79 Å². The second-order valence-electron chi connectivity index (χ2n) is 6.50. The molecule has 6 nitrogen and oxygen atoms in total. The standard InChI is InChI=1S/C14H24N2O4S/c17-14(18)13-10-11-6-2-3-7-12(11)16(13)21(19,20)15-8-4-1-5-9-15/h11-13H,1-10H2,(H,17,18). The maximum Gasteiger partial charge on any atom is 0.322 e. The van der Waals surface area contributed by atoms with Gasteiger partial charge in [0.1, 0.15) is 6.04 Å². The lowest BCUT2D eigenvalue weighted by molar-refractivity contribution is -0.141. The van der Waals surface area contributed by atoms with Crippen molar-refractivity contribution in [2.24, 2.45) is 5.92 Å². The summed E-state index contributed by atoms with van der Waals surface area (Å²) in [6.45, 7) is 1.06. The minimum atomic E-state index is -3.64. The highest BCUT2D eigenvalue weighted by atomic mass is 32.2. The molecule has 2 heterocycles. The van der Waals surface area contributed by atoms with E-state index in [1.165, 1.54) is 8.61 Å². The maximum absolute atomic E-state index is 12.9. The molecule has 21 heavy (non-hydrogen) atoms. The minimum absolute atomic E-state index is 0.105. The Balaban J connectivity index is 1.90. The van der Waals surface area contributed by atoms with E-state index >= 15 is 0 Å². The summed E-state index contributed by atoms with van der Waals surface area (Å²) in [5.41, 5.74) is 0. The number of nitrogens with zero attached hydrogens (tertiary/aromatic N) is 2. The highest BCUT2D eigenvalue weighted by Gasteiger charge is 2.52. The van der Waals surface area contributed by atoms with E-state index in [2.05, 4.69) is 0 Å². The molecule has 1 saturated carbocycles. The van der Waals surface area contributed by atoms with Crippen LogP contribution in [-0.2, 0) is 15.0 Å². The van der Waals surface area contributed by atoms with Crippen LogP contribution in [0.1, 0.15) is 51.4 Å². The zero-order chi connectivity index (χ0) is 15.0. The fourth-order valence-electron chi connectivity index (χ4n) is 4.19. The van der Waals surface area contributed by atoms with Gasteiger partial charge in [0.15, 0.2) is 0 Å². The molecule has 120 valence electrons. The van der Waals surface area contributed by atoms with Crippen LogP contribution in [0.25, 0.3) is 0 Å². The second kappa shape index (κ2) is 5.85. The Labute approximate surface area is 126 Å². The van der Waals surface area contributed by atoms with Gasteiger partial charge in [0.25, 0.3) is 10.2 Å². The van der Waals surface area contributed by atoms with Gasteiger partial charge < -0.3 is 5.11 Å². The van der Waals surface area contributed by atoms with Crippen LogP contribution in [-0.4, -0.2) is 53.3 Å². The largest absolute Gasteiger partial charge is 0.480 e. The third kappa shape index (κ3) is 2.71. The third-order valence-corrected chi connectivity index (χ3v) is 7.30. The van der Waals surface area contributed by atoms with Crippen molar-refractivity contribution in [3.63, 3.8) is 0 Å². The second-order valence-corrected chi connectivity index (χ2v) is 8.33. The van der Waals surface area contributed by atoms with Crippen LogP contribution in [0, 0.1) is 5.92 Å². The zero-order valence-corrected chi connectivity index (χ0v) is 13.1. The molecule has 0 spiro atoms. The maximum atomic E-state index is 12.9. The van der Waals surface area contributed by atoms with Crippen molar-refractivity contribution >= 4 is 16.2 Å². The van der Waals surface area contributed by atoms with E-state index in [9.17, 15) is 18.3 Å². The van der Waals surface area contributed by atoms with E-state index in [0.29, 0.717) is 19.5 Å². The number of carboxylic acids is 1. The highest BCUT2D eigenvalue weighted by Crippen LogP contribution is 2.42. The van der Waals surface area contributed by atoms with Gasteiger partial charge in [-0.1, -0.05) is 19.3 Å². The third-order valence-electron chi connectivity index (χ3n) is 5.22. The molecule has 1 aliphatic carbocycles. The summed E-state index contributed by atoms with van der Waals surface area (Å²) in [4.78, 5) is 11.6. The van der Waals surface area contributed by atoms with Gasteiger partial charge in [0.05, 0.1) is 0 Å². The van der Waals surface area contributed by atoms with Gasteiger partial charge >= 0.3 is 5.97 Å². The van der Waals surface area contributed by atoms with Crippen molar-refractivity contribution in [1.82, 2.24) is 8.61 Å². The first-order valence-electron chi connectivity index (χ1n) is 8.03. The summed E-state index contributed by atoms with van der Waals surface area (Å²) in [6, 6.07) is -0.975.